The zero-order valence-corrected chi connectivity index (χ0v) is 14.9. The third-order valence-corrected chi connectivity index (χ3v) is 3.72. The fraction of sp³-hybridized carbons (Fsp3) is 0.176. The summed E-state index contributed by atoms with van der Waals surface area (Å²) < 4.78 is 0. The molecule has 2 aromatic rings. The van der Waals surface area contributed by atoms with E-state index < -0.39 is 38.9 Å². The van der Waals surface area contributed by atoms with Crippen molar-refractivity contribution in [3.63, 3.8) is 0 Å². The number of phenols is 1. The summed E-state index contributed by atoms with van der Waals surface area (Å²) in [6, 6.07) is 8.26. The molecule has 1 amide bonds. The van der Waals surface area contributed by atoms with Crippen LogP contribution in [-0.2, 0) is 4.79 Å². The Kier molecular flexibility index (Phi) is 6.22. The molecule has 3 N–H and O–H groups in total. The Bertz CT molecular complexity index is 942. The van der Waals surface area contributed by atoms with Gasteiger partial charge in [-0.3, -0.25) is 25.0 Å². The van der Waals surface area contributed by atoms with Gasteiger partial charge in [0.15, 0.2) is 0 Å². The van der Waals surface area contributed by atoms with E-state index in [2.05, 4.69) is 15.8 Å². The lowest BCUT2D eigenvalue weighted by Gasteiger charge is -2.13. The number of hydrogen-bond acceptors (Lipinski definition) is 8. The van der Waals surface area contributed by atoms with Gasteiger partial charge >= 0.3 is 5.69 Å². The standard InChI is InChI=1S/C17H17N5O6/c1-10-3-5-13(6-4-10)19-11(2)17(24)20-18-9-12-7-14(21(25)26)8-15(16(12)23)22(27)28/h3-9,11,19,23H,1-2H3,(H,20,24)/b18-9+. The third-order valence-electron chi connectivity index (χ3n) is 3.72. The zero-order chi connectivity index (χ0) is 20.8. The number of aryl methyl sites for hydroxylation is 1. The number of carbonyl (C=O) groups excluding carboxylic acids is 1. The summed E-state index contributed by atoms with van der Waals surface area (Å²) in [4.78, 5) is 32.1. The molecule has 2 aromatic carbocycles. The van der Waals surface area contributed by atoms with Crippen molar-refractivity contribution in [3.8, 4) is 5.75 Å². The van der Waals surface area contributed by atoms with Crippen molar-refractivity contribution in [2.75, 3.05) is 5.32 Å². The monoisotopic (exact) mass is 387 g/mol. The molecule has 0 fully saturated rings. The number of hydrazone groups is 1. The van der Waals surface area contributed by atoms with Crippen LogP contribution in [0, 0.1) is 27.2 Å². The van der Waals surface area contributed by atoms with Crippen LogP contribution in [0.5, 0.6) is 5.75 Å². The van der Waals surface area contributed by atoms with E-state index >= 15 is 0 Å². The van der Waals surface area contributed by atoms with Crippen molar-refractivity contribution in [3.05, 3.63) is 67.8 Å². The van der Waals surface area contributed by atoms with Gasteiger partial charge in [0.25, 0.3) is 11.6 Å². The number of phenolic OH excluding ortho intramolecular Hbond substituents is 1. The lowest BCUT2D eigenvalue weighted by molar-refractivity contribution is -0.394. The number of nitrogens with zero attached hydrogens (tertiary/aromatic N) is 3. The largest absolute Gasteiger partial charge is 0.502 e. The number of nitro benzene ring substituents is 2. The molecule has 0 radical (unpaired) electrons. The Morgan fingerprint density at radius 3 is 2.39 bits per heavy atom. The van der Waals surface area contributed by atoms with E-state index in [4.69, 9.17) is 0 Å². The number of nitrogens with one attached hydrogen (secondary N) is 2. The van der Waals surface area contributed by atoms with Gasteiger partial charge in [0.05, 0.1) is 27.7 Å². The van der Waals surface area contributed by atoms with E-state index in [-0.39, 0.29) is 5.56 Å². The van der Waals surface area contributed by atoms with Crippen LogP contribution in [0.4, 0.5) is 17.1 Å². The van der Waals surface area contributed by atoms with Crippen LogP contribution in [-0.4, -0.2) is 33.1 Å². The first-order chi connectivity index (χ1) is 13.2. The predicted molar refractivity (Wildman–Crippen MR) is 101 cm³/mol. The Labute approximate surface area is 159 Å². The van der Waals surface area contributed by atoms with E-state index in [1.54, 1.807) is 6.92 Å². The zero-order valence-electron chi connectivity index (χ0n) is 14.9. The van der Waals surface area contributed by atoms with Crippen molar-refractivity contribution in [1.29, 1.82) is 0 Å². The quantitative estimate of drug-likeness (QED) is 0.373. The Morgan fingerprint density at radius 1 is 1.18 bits per heavy atom. The number of benzene rings is 2. The molecular formula is C17H17N5O6. The normalized spacial score (nSPS) is 11.8. The number of rotatable bonds is 7. The van der Waals surface area contributed by atoms with Crippen molar-refractivity contribution < 1.29 is 19.7 Å². The summed E-state index contributed by atoms with van der Waals surface area (Å²) in [5.74, 6) is -1.31. The van der Waals surface area contributed by atoms with Gasteiger partial charge in [-0.25, -0.2) is 5.43 Å². The Morgan fingerprint density at radius 2 is 1.82 bits per heavy atom. The summed E-state index contributed by atoms with van der Waals surface area (Å²) in [7, 11) is 0. The van der Waals surface area contributed by atoms with Crippen LogP contribution >= 0.6 is 0 Å². The highest BCUT2D eigenvalue weighted by atomic mass is 16.6. The van der Waals surface area contributed by atoms with Gasteiger partial charge in [-0.1, -0.05) is 17.7 Å². The topological polar surface area (TPSA) is 160 Å². The molecule has 11 heteroatoms. The fourth-order valence-corrected chi connectivity index (χ4v) is 2.20. The summed E-state index contributed by atoms with van der Waals surface area (Å²) in [5.41, 5.74) is 2.29. The number of anilines is 1. The van der Waals surface area contributed by atoms with E-state index in [0.717, 1.165) is 23.5 Å². The van der Waals surface area contributed by atoms with Crippen molar-refractivity contribution in [2.24, 2.45) is 5.10 Å². The van der Waals surface area contributed by atoms with Gasteiger partial charge < -0.3 is 10.4 Å². The Balaban J connectivity index is 2.10. The highest BCUT2D eigenvalue weighted by Crippen LogP contribution is 2.33. The number of hydrogen-bond donors (Lipinski definition) is 3. The maximum absolute atomic E-state index is 12.1. The first-order valence-electron chi connectivity index (χ1n) is 8.01. The molecule has 0 aliphatic carbocycles. The van der Waals surface area contributed by atoms with Gasteiger partial charge in [-0.05, 0) is 26.0 Å². The molecule has 0 spiro atoms. The molecule has 1 atom stereocenters. The van der Waals surface area contributed by atoms with Crippen molar-refractivity contribution in [1.82, 2.24) is 5.43 Å². The van der Waals surface area contributed by atoms with Gasteiger partial charge in [0, 0.05) is 11.8 Å². The maximum Gasteiger partial charge on any atom is 0.318 e. The number of non-ortho nitro benzene ring substituents is 1. The minimum absolute atomic E-state index is 0.277. The molecule has 0 aromatic heterocycles. The van der Waals surface area contributed by atoms with Crippen LogP contribution < -0.4 is 10.7 Å². The fourth-order valence-electron chi connectivity index (χ4n) is 2.20. The lowest BCUT2D eigenvalue weighted by atomic mass is 10.1. The Hall–Kier alpha value is -4.02. The van der Waals surface area contributed by atoms with Gasteiger partial charge in [-0.2, -0.15) is 5.10 Å². The first-order valence-corrected chi connectivity index (χ1v) is 8.01. The second kappa shape index (κ2) is 8.58. The minimum atomic E-state index is -0.953. The molecule has 0 aliphatic rings. The molecule has 0 bridgehead atoms. The van der Waals surface area contributed by atoms with Crippen molar-refractivity contribution in [2.45, 2.75) is 19.9 Å². The highest BCUT2D eigenvalue weighted by molar-refractivity contribution is 5.89. The van der Waals surface area contributed by atoms with E-state index in [1.165, 1.54) is 0 Å². The predicted octanol–water partition coefficient (Wildman–Crippen LogP) is 2.47. The van der Waals surface area contributed by atoms with E-state index in [9.17, 15) is 30.1 Å². The molecule has 0 saturated heterocycles. The molecular weight excluding hydrogens is 370 g/mol. The number of aromatic hydroxyl groups is 1. The van der Waals surface area contributed by atoms with E-state index in [0.29, 0.717) is 6.07 Å². The van der Waals surface area contributed by atoms with Crippen LogP contribution in [0.2, 0.25) is 0 Å². The lowest BCUT2D eigenvalue weighted by Crippen LogP contribution is -2.34. The number of amides is 1. The summed E-state index contributed by atoms with van der Waals surface area (Å²) >= 11 is 0. The van der Waals surface area contributed by atoms with Crippen LogP contribution in [0.3, 0.4) is 0 Å². The molecule has 1 unspecified atom stereocenters. The number of nitro groups is 2. The smallest absolute Gasteiger partial charge is 0.318 e. The minimum Gasteiger partial charge on any atom is -0.502 e. The van der Waals surface area contributed by atoms with E-state index in [1.807, 2.05) is 31.2 Å². The highest BCUT2D eigenvalue weighted by Gasteiger charge is 2.23. The van der Waals surface area contributed by atoms with Gasteiger partial charge in [0.2, 0.25) is 5.75 Å². The average molecular weight is 387 g/mol. The maximum atomic E-state index is 12.1. The summed E-state index contributed by atoms with van der Waals surface area (Å²) in [5, 5.41) is 38.2. The molecule has 2 rings (SSSR count). The molecule has 0 aliphatic heterocycles. The molecule has 0 saturated carbocycles. The SMILES string of the molecule is Cc1ccc(NC(C)C(=O)N/N=C/c2cc([N+](=O)[O-])cc([N+](=O)[O-])c2O)cc1. The number of carbonyl (C=O) groups is 1. The summed E-state index contributed by atoms with van der Waals surface area (Å²) in [6.45, 7) is 3.53. The third kappa shape index (κ3) is 5.00. The van der Waals surface area contributed by atoms with Crippen molar-refractivity contribution >= 4 is 29.2 Å². The van der Waals surface area contributed by atoms with Crippen LogP contribution in [0.15, 0.2) is 41.5 Å². The van der Waals surface area contributed by atoms with Crippen LogP contribution in [0.25, 0.3) is 0 Å². The molecule has 28 heavy (non-hydrogen) atoms. The molecule has 146 valence electrons. The average Bonchev–Trinajstić information content (AvgIpc) is 2.64. The second-order valence-corrected chi connectivity index (χ2v) is 5.88. The summed E-state index contributed by atoms with van der Waals surface area (Å²) in [6.07, 6.45) is 0.895. The van der Waals surface area contributed by atoms with Gasteiger partial charge in [0.1, 0.15) is 6.04 Å². The molecule has 0 heterocycles. The van der Waals surface area contributed by atoms with Gasteiger partial charge in [-0.15, -0.1) is 0 Å². The molecule has 11 nitrogen and oxygen atoms in total. The first kappa shape index (κ1) is 20.3. The second-order valence-electron chi connectivity index (χ2n) is 5.88. The van der Waals surface area contributed by atoms with Crippen LogP contribution in [0.1, 0.15) is 18.1 Å².